The van der Waals surface area contributed by atoms with Gasteiger partial charge in [-0.3, -0.25) is 9.36 Å². The van der Waals surface area contributed by atoms with E-state index in [1.54, 1.807) is 11.6 Å². The van der Waals surface area contributed by atoms with Gasteiger partial charge in [0.05, 0.1) is 5.38 Å². The summed E-state index contributed by atoms with van der Waals surface area (Å²) in [7, 11) is 3.23. The second-order valence-electron chi connectivity index (χ2n) is 4.79. The van der Waals surface area contributed by atoms with E-state index in [0.29, 0.717) is 0 Å². The van der Waals surface area contributed by atoms with Crippen LogP contribution in [0.5, 0.6) is 0 Å². The van der Waals surface area contributed by atoms with Crippen LogP contribution in [0.1, 0.15) is 17.2 Å². The van der Waals surface area contributed by atoms with Crippen LogP contribution < -0.4 is 11.2 Å². The number of hydrogen-bond acceptors (Lipinski definition) is 2. The molecule has 0 saturated heterocycles. The van der Waals surface area contributed by atoms with E-state index < -0.39 is 0 Å². The molecule has 0 aliphatic heterocycles. The van der Waals surface area contributed by atoms with Crippen LogP contribution >= 0.6 is 11.6 Å². The fourth-order valence-corrected chi connectivity index (χ4v) is 3.41. The largest absolute Gasteiger partial charge is 0.330 e. The third-order valence-corrected chi connectivity index (χ3v) is 4.35. The average Bonchev–Trinajstić information content (AvgIpc) is 2.84. The fourth-order valence-electron chi connectivity index (χ4n) is 3.01. The van der Waals surface area contributed by atoms with Gasteiger partial charge in [-0.1, -0.05) is 12.2 Å². The van der Waals surface area contributed by atoms with E-state index in [9.17, 15) is 9.59 Å². The Bertz CT molecular complexity index is 641. The minimum Gasteiger partial charge on any atom is -0.300 e. The molecule has 3 atom stereocenters. The summed E-state index contributed by atoms with van der Waals surface area (Å²) in [6, 6.07) is 0. The number of aromatic nitrogens is 2. The van der Waals surface area contributed by atoms with Crippen molar-refractivity contribution in [3.8, 4) is 0 Å². The third kappa shape index (κ3) is 1.24. The van der Waals surface area contributed by atoms with E-state index in [-0.39, 0.29) is 28.5 Å². The maximum absolute atomic E-state index is 12.2. The van der Waals surface area contributed by atoms with Gasteiger partial charge in [-0.05, 0) is 12.3 Å². The Kier molecular flexibility index (Phi) is 2.14. The van der Waals surface area contributed by atoms with Gasteiger partial charge in [0.25, 0.3) is 5.56 Å². The molecule has 17 heavy (non-hydrogen) atoms. The first-order chi connectivity index (χ1) is 8.02. The van der Waals surface area contributed by atoms with Crippen LogP contribution in [0.4, 0.5) is 0 Å². The maximum Gasteiger partial charge on any atom is 0.330 e. The molecule has 1 heterocycles. The molecule has 0 aromatic carbocycles. The number of alkyl halides is 1. The summed E-state index contributed by atoms with van der Waals surface area (Å²) in [5.74, 6) is 0.311. The van der Waals surface area contributed by atoms with Crippen molar-refractivity contribution >= 4 is 11.6 Å². The molecule has 0 fully saturated rings. The van der Waals surface area contributed by atoms with E-state index in [1.807, 2.05) is 6.08 Å². The zero-order chi connectivity index (χ0) is 12.3. The number of allylic oxidation sites excluding steroid dienone is 2. The lowest BCUT2D eigenvalue weighted by atomic mass is 9.96. The highest BCUT2D eigenvalue weighted by atomic mass is 35.5. The van der Waals surface area contributed by atoms with E-state index in [4.69, 9.17) is 11.6 Å². The van der Waals surface area contributed by atoms with Crippen molar-refractivity contribution in [3.63, 3.8) is 0 Å². The Morgan fingerprint density at radius 2 is 1.94 bits per heavy atom. The van der Waals surface area contributed by atoms with E-state index >= 15 is 0 Å². The first-order valence-electron chi connectivity index (χ1n) is 5.63. The summed E-state index contributed by atoms with van der Waals surface area (Å²) in [4.78, 5) is 24.0. The van der Waals surface area contributed by atoms with Crippen LogP contribution in [0.3, 0.4) is 0 Å². The highest BCUT2D eigenvalue weighted by Gasteiger charge is 2.42. The topological polar surface area (TPSA) is 44.0 Å². The standard InChI is InChI=1S/C12H13ClN2O2/c1-14-8-5-6-3-4-7(13)9(6)10(8)11(16)15(2)12(14)17/h3-4,6-7,9H,5H2,1-2H3/t6-,7-,9+/m0/s1. The molecule has 2 aliphatic rings. The lowest BCUT2D eigenvalue weighted by Crippen LogP contribution is -2.40. The van der Waals surface area contributed by atoms with Crippen LogP contribution in [0.25, 0.3) is 0 Å². The highest BCUT2D eigenvalue weighted by molar-refractivity contribution is 6.22. The second-order valence-corrected chi connectivity index (χ2v) is 5.29. The lowest BCUT2D eigenvalue weighted by molar-refractivity contribution is 0.589. The average molecular weight is 253 g/mol. The van der Waals surface area contributed by atoms with Crippen LogP contribution in [0, 0.1) is 5.92 Å². The Hall–Kier alpha value is -1.29. The van der Waals surface area contributed by atoms with Crippen molar-refractivity contribution in [3.05, 3.63) is 44.2 Å². The van der Waals surface area contributed by atoms with Crippen molar-refractivity contribution in [2.24, 2.45) is 20.0 Å². The number of hydrogen-bond donors (Lipinski definition) is 0. The number of fused-ring (bicyclic) bond motifs is 3. The van der Waals surface area contributed by atoms with Gasteiger partial charge < -0.3 is 4.57 Å². The molecule has 4 nitrogen and oxygen atoms in total. The SMILES string of the molecule is Cn1c2c(c(=O)n(C)c1=O)[C@H]1[C@@H](Cl)C=C[C@H]1C2. The molecular formula is C12H13ClN2O2. The molecule has 1 aromatic heterocycles. The number of nitrogens with zero attached hydrogens (tertiary/aromatic N) is 2. The lowest BCUT2D eigenvalue weighted by Gasteiger charge is -2.14. The Balaban J connectivity index is 2.34. The maximum atomic E-state index is 12.2. The highest BCUT2D eigenvalue weighted by Crippen LogP contribution is 2.44. The van der Waals surface area contributed by atoms with Crippen LogP contribution in [0.2, 0.25) is 0 Å². The minimum atomic E-state index is -0.260. The van der Waals surface area contributed by atoms with Crippen LogP contribution in [-0.2, 0) is 20.5 Å². The van der Waals surface area contributed by atoms with Gasteiger partial charge in [0.15, 0.2) is 0 Å². The quantitative estimate of drug-likeness (QED) is 0.499. The van der Waals surface area contributed by atoms with Crippen molar-refractivity contribution in [1.29, 1.82) is 0 Å². The summed E-state index contributed by atoms with van der Waals surface area (Å²) >= 11 is 6.24. The van der Waals surface area contributed by atoms with Gasteiger partial charge in [-0.25, -0.2) is 4.79 Å². The molecule has 90 valence electrons. The molecule has 0 N–H and O–H groups in total. The molecule has 1 aromatic rings. The minimum absolute atomic E-state index is 0.0390. The molecule has 0 unspecified atom stereocenters. The van der Waals surface area contributed by atoms with Crippen LogP contribution in [0.15, 0.2) is 21.7 Å². The monoisotopic (exact) mass is 252 g/mol. The Labute approximate surface area is 103 Å². The van der Waals surface area contributed by atoms with E-state index in [1.165, 1.54) is 11.6 Å². The van der Waals surface area contributed by atoms with Gasteiger partial charge in [0.2, 0.25) is 0 Å². The molecule has 0 spiro atoms. The second kappa shape index (κ2) is 3.35. The van der Waals surface area contributed by atoms with Crippen molar-refractivity contribution < 1.29 is 0 Å². The van der Waals surface area contributed by atoms with Crippen LogP contribution in [-0.4, -0.2) is 14.5 Å². The fraction of sp³-hybridized carbons (Fsp3) is 0.500. The Morgan fingerprint density at radius 1 is 1.24 bits per heavy atom. The van der Waals surface area contributed by atoms with Crippen molar-refractivity contribution in [2.75, 3.05) is 0 Å². The Morgan fingerprint density at radius 3 is 2.65 bits per heavy atom. The van der Waals surface area contributed by atoms with Gasteiger partial charge in [0.1, 0.15) is 0 Å². The molecule has 2 aliphatic carbocycles. The first kappa shape index (κ1) is 10.8. The molecule has 0 saturated carbocycles. The molecule has 0 amide bonds. The zero-order valence-electron chi connectivity index (χ0n) is 9.68. The van der Waals surface area contributed by atoms with Crippen molar-refractivity contribution in [1.82, 2.24) is 9.13 Å². The molecule has 0 bridgehead atoms. The molecule has 5 heteroatoms. The third-order valence-electron chi connectivity index (χ3n) is 3.93. The predicted octanol–water partition coefficient (Wildman–Crippen LogP) is 0.517. The van der Waals surface area contributed by atoms with Gasteiger partial charge in [-0.15, -0.1) is 11.6 Å². The number of rotatable bonds is 0. The predicted molar refractivity (Wildman–Crippen MR) is 65.6 cm³/mol. The first-order valence-corrected chi connectivity index (χ1v) is 6.07. The number of halogens is 1. The van der Waals surface area contributed by atoms with Crippen molar-refractivity contribution in [2.45, 2.75) is 17.7 Å². The molecule has 0 radical (unpaired) electrons. The van der Waals surface area contributed by atoms with E-state index in [2.05, 4.69) is 6.08 Å². The summed E-state index contributed by atoms with van der Waals surface area (Å²) < 4.78 is 2.75. The summed E-state index contributed by atoms with van der Waals surface area (Å²) in [5.41, 5.74) is 1.13. The summed E-state index contributed by atoms with van der Waals surface area (Å²) in [5, 5.41) is -0.133. The van der Waals surface area contributed by atoms with Gasteiger partial charge in [-0.2, -0.15) is 0 Å². The van der Waals surface area contributed by atoms with Gasteiger partial charge >= 0.3 is 5.69 Å². The summed E-state index contributed by atoms with van der Waals surface area (Å²) in [6.07, 6.45) is 4.75. The molecular weight excluding hydrogens is 240 g/mol. The van der Waals surface area contributed by atoms with Gasteiger partial charge in [0, 0.05) is 31.3 Å². The summed E-state index contributed by atoms with van der Waals surface area (Å²) in [6.45, 7) is 0. The zero-order valence-corrected chi connectivity index (χ0v) is 10.4. The molecule has 3 rings (SSSR count). The van der Waals surface area contributed by atoms with E-state index in [0.717, 1.165) is 17.7 Å². The normalized spacial score (nSPS) is 29.5. The smallest absolute Gasteiger partial charge is 0.300 e.